The van der Waals surface area contributed by atoms with Crippen molar-refractivity contribution in [2.75, 3.05) is 14.2 Å². The second-order valence-corrected chi connectivity index (χ2v) is 6.68. The van der Waals surface area contributed by atoms with Crippen molar-refractivity contribution in [2.45, 2.75) is 13.5 Å². The second kappa shape index (κ2) is 7.53. The molecular formula is C19H18N2O4S. The minimum Gasteiger partial charge on any atom is -0.497 e. The van der Waals surface area contributed by atoms with Crippen molar-refractivity contribution in [3.63, 3.8) is 0 Å². The second-order valence-electron chi connectivity index (χ2n) is 5.67. The van der Waals surface area contributed by atoms with Gasteiger partial charge in [-0.05, 0) is 37.3 Å². The monoisotopic (exact) mass is 370 g/mol. The van der Waals surface area contributed by atoms with Gasteiger partial charge in [-0.2, -0.15) is 4.99 Å². The maximum absolute atomic E-state index is 12.6. The predicted octanol–water partition coefficient (Wildman–Crippen LogP) is 2.93. The minimum atomic E-state index is -0.412. The van der Waals surface area contributed by atoms with Crippen molar-refractivity contribution in [1.29, 1.82) is 0 Å². The Bertz CT molecular complexity index is 1050. The largest absolute Gasteiger partial charge is 0.497 e. The molecule has 0 radical (unpaired) electrons. The number of rotatable bonds is 4. The average molecular weight is 370 g/mol. The quantitative estimate of drug-likeness (QED) is 0.662. The van der Waals surface area contributed by atoms with Gasteiger partial charge in [0.1, 0.15) is 12.3 Å². The Balaban J connectivity index is 2.14. The lowest BCUT2D eigenvalue weighted by Crippen LogP contribution is -2.22. The number of hydrogen-bond acceptors (Lipinski definition) is 5. The van der Waals surface area contributed by atoms with Crippen molar-refractivity contribution in [3.05, 3.63) is 58.4 Å². The van der Waals surface area contributed by atoms with Crippen molar-refractivity contribution in [2.24, 2.45) is 4.99 Å². The smallest absolute Gasteiger partial charge is 0.325 e. The summed E-state index contributed by atoms with van der Waals surface area (Å²) in [5.41, 5.74) is 2.27. The molecule has 3 aromatic rings. The molecule has 2 aromatic carbocycles. The van der Waals surface area contributed by atoms with Crippen LogP contribution >= 0.6 is 11.3 Å². The summed E-state index contributed by atoms with van der Waals surface area (Å²) in [4.78, 5) is 29.0. The van der Waals surface area contributed by atoms with Gasteiger partial charge in [-0.15, -0.1) is 0 Å². The van der Waals surface area contributed by atoms with E-state index in [1.165, 1.54) is 18.4 Å². The fourth-order valence-electron chi connectivity index (χ4n) is 2.54. The highest BCUT2D eigenvalue weighted by molar-refractivity contribution is 7.16. The lowest BCUT2D eigenvalue weighted by atomic mass is 10.1. The van der Waals surface area contributed by atoms with E-state index in [4.69, 9.17) is 9.47 Å². The molecule has 7 heteroatoms. The topological polar surface area (TPSA) is 69.9 Å². The summed E-state index contributed by atoms with van der Waals surface area (Å²) in [6.07, 6.45) is 0. The van der Waals surface area contributed by atoms with Crippen LogP contribution in [0.3, 0.4) is 0 Å². The molecule has 0 fully saturated rings. The van der Waals surface area contributed by atoms with Crippen LogP contribution in [0, 0.1) is 6.92 Å². The first-order valence-corrected chi connectivity index (χ1v) is 8.73. The Morgan fingerprint density at radius 1 is 1.15 bits per heavy atom. The number of methoxy groups -OCH3 is 2. The van der Waals surface area contributed by atoms with E-state index in [2.05, 4.69) is 4.99 Å². The van der Waals surface area contributed by atoms with Crippen molar-refractivity contribution in [1.82, 2.24) is 4.57 Å². The van der Waals surface area contributed by atoms with E-state index < -0.39 is 5.97 Å². The number of hydrogen-bond donors (Lipinski definition) is 0. The lowest BCUT2D eigenvalue weighted by molar-refractivity contribution is -0.141. The Morgan fingerprint density at radius 2 is 1.96 bits per heavy atom. The Labute approximate surface area is 154 Å². The van der Waals surface area contributed by atoms with E-state index in [1.54, 1.807) is 29.9 Å². The number of thiazole rings is 1. The normalized spacial score (nSPS) is 11.6. The summed E-state index contributed by atoms with van der Waals surface area (Å²) in [5.74, 6) is -0.0728. The molecule has 0 spiro atoms. The van der Waals surface area contributed by atoms with Gasteiger partial charge in [0.15, 0.2) is 4.80 Å². The van der Waals surface area contributed by atoms with Crippen LogP contribution in [0.5, 0.6) is 5.75 Å². The summed E-state index contributed by atoms with van der Waals surface area (Å²) in [5, 5.41) is 0. The number of aromatic nitrogens is 1. The van der Waals surface area contributed by atoms with Crippen LogP contribution in [-0.2, 0) is 16.1 Å². The molecule has 6 nitrogen and oxygen atoms in total. The fraction of sp³-hybridized carbons (Fsp3) is 0.211. The number of ether oxygens (including phenoxy) is 2. The molecule has 0 aliphatic rings. The molecular weight excluding hydrogens is 352 g/mol. The zero-order valence-electron chi connectivity index (χ0n) is 14.7. The maximum Gasteiger partial charge on any atom is 0.325 e. The molecule has 26 heavy (non-hydrogen) atoms. The first-order valence-electron chi connectivity index (χ1n) is 7.91. The third kappa shape index (κ3) is 3.67. The highest BCUT2D eigenvalue weighted by Gasteiger charge is 2.13. The number of nitrogens with zero attached hydrogens (tertiary/aromatic N) is 2. The van der Waals surface area contributed by atoms with Crippen molar-refractivity contribution in [3.8, 4) is 5.75 Å². The number of esters is 1. The summed E-state index contributed by atoms with van der Waals surface area (Å²) in [7, 11) is 2.92. The van der Waals surface area contributed by atoms with Gasteiger partial charge in [-0.1, -0.05) is 29.0 Å². The van der Waals surface area contributed by atoms with Crippen LogP contribution in [0.25, 0.3) is 10.2 Å². The van der Waals surface area contributed by atoms with Gasteiger partial charge in [0, 0.05) is 5.56 Å². The number of aryl methyl sites for hydroxylation is 1. The van der Waals surface area contributed by atoms with Gasteiger partial charge < -0.3 is 14.0 Å². The summed E-state index contributed by atoms with van der Waals surface area (Å²) in [6.45, 7) is 1.89. The van der Waals surface area contributed by atoms with E-state index in [9.17, 15) is 9.59 Å². The van der Waals surface area contributed by atoms with Crippen LogP contribution in [0.2, 0.25) is 0 Å². The third-order valence-electron chi connectivity index (χ3n) is 3.87. The first kappa shape index (κ1) is 17.9. The van der Waals surface area contributed by atoms with Crippen LogP contribution in [0.1, 0.15) is 15.9 Å². The Morgan fingerprint density at radius 3 is 2.65 bits per heavy atom. The van der Waals surface area contributed by atoms with Gasteiger partial charge in [-0.25, -0.2) is 0 Å². The van der Waals surface area contributed by atoms with Gasteiger partial charge >= 0.3 is 5.97 Å². The highest BCUT2D eigenvalue weighted by atomic mass is 32.1. The number of amides is 1. The van der Waals surface area contributed by atoms with Crippen molar-refractivity contribution >= 4 is 33.4 Å². The van der Waals surface area contributed by atoms with E-state index in [1.807, 2.05) is 31.2 Å². The minimum absolute atomic E-state index is 0.0250. The third-order valence-corrected chi connectivity index (χ3v) is 4.91. The van der Waals surface area contributed by atoms with Gasteiger partial charge in [0.25, 0.3) is 5.91 Å². The van der Waals surface area contributed by atoms with Crippen LogP contribution in [0.15, 0.2) is 47.5 Å². The fourth-order valence-corrected chi connectivity index (χ4v) is 3.60. The number of carbonyl (C=O) groups is 2. The molecule has 0 saturated heterocycles. The lowest BCUT2D eigenvalue weighted by Gasteiger charge is -2.04. The molecule has 0 unspecified atom stereocenters. The van der Waals surface area contributed by atoms with E-state index >= 15 is 0 Å². The number of benzene rings is 2. The summed E-state index contributed by atoms with van der Waals surface area (Å²) < 4.78 is 12.6. The zero-order chi connectivity index (χ0) is 18.7. The average Bonchev–Trinajstić information content (AvgIpc) is 2.97. The standard InChI is InChI=1S/C19H18N2O4S/c1-12-5-4-6-13(9-12)18(23)20-19-21(11-17(22)25-3)15-8-7-14(24-2)10-16(15)26-19/h4-10H,11H2,1-3H3. The molecule has 1 aromatic heterocycles. The highest BCUT2D eigenvalue weighted by Crippen LogP contribution is 2.23. The zero-order valence-corrected chi connectivity index (χ0v) is 15.5. The molecule has 0 saturated carbocycles. The SMILES string of the molecule is COC(=O)Cn1c(=NC(=O)c2cccc(C)c2)sc2cc(OC)ccc21. The molecule has 0 aliphatic carbocycles. The Hall–Kier alpha value is -2.93. The van der Waals surface area contributed by atoms with Crippen LogP contribution in [-0.4, -0.2) is 30.7 Å². The van der Waals surface area contributed by atoms with Crippen molar-refractivity contribution < 1.29 is 19.1 Å². The van der Waals surface area contributed by atoms with E-state index in [0.29, 0.717) is 16.1 Å². The maximum atomic E-state index is 12.6. The molecule has 0 bridgehead atoms. The molecule has 1 amide bonds. The predicted molar refractivity (Wildman–Crippen MR) is 99.5 cm³/mol. The number of carbonyl (C=O) groups excluding carboxylic acids is 2. The Kier molecular flexibility index (Phi) is 5.18. The molecule has 0 atom stereocenters. The first-order chi connectivity index (χ1) is 12.5. The summed E-state index contributed by atoms with van der Waals surface area (Å²) in [6, 6.07) is 12.7. The summed E-state index contributed by atoms with van der Waals surface area (Å²) >= 11 is 1.32. The molecule has 0 N–H and O–H groups in total. The van der Waals surface area contributed by atoms with Crippen LogP contribution < -0.4 is 9.54 Å². The molecule has 1 heterocycles. The molecule has 3 rings (SSSR count). The van der Waals surface area contributed by atoms with Gasteiger partial charge in [-0.3, -0.25) is 9.59 Å². The number of fused-ring (bicyclic) bond motifs is 1. The molecule has 134 valence electrons. The van der Waals surface area contributed by atoms with E-state index in [0.717, 1.165) is 15.8 Å². The van der Waals surface area contributed by atoms with Gasteiger partial charge in [0.2, 0.25) is 0 Å². The van der Waals surface area contributed by atoms with Crippen LogP contribution in [0.4, 0.5) is 0 Å². The molecule has 0 aliphatic heterocycles. The van der Waals surface area contributed by atoms with Gasteiger partial charge in [0.05, 0.1) is 24.4 Å². The van der Waals surface area contributed by atoms with E-state index in [-0.39, 0.29) is 12.5 Å².